The summed E-state index contributed by atoms with van der Waals surface area (Å²) in [6.45, 7) is 3.24. The van der Waals surface area contributed by atoms with Crippen LogP contribution in [0.1, 0.15) is 43.5 Å². The van der Waals surface area contributed by atoms with Crippen molar-refractivity contribution in [2.75, 3.05) is 13.1 Å². The molecule has 5 atom stereocenters. The number of aromatic amines is 1. The van der Waals surface area contributed by atoms with Crippen LogP contribution in [0.15, 0.2) is 67.1 Å². The predicted molar refractivity (Wildman–Crippen MR) is 188 cm³/mol. The lowest BCUT2D eigenvalue weighted by molar-refractivity contribution is -0.145. The van der Waals surface area contributed by atoms with Crippen LogP contribution in [0.5, 0.6) is 5.75 Å². The summed E-state index contributed by atoms with van der Waals surface area (Å²) in [5.74, 6) is -4.77. The number of nitrogens with one attached hydrogen (secondary N) is 5. The van der Waals surface area contributed by atoms with E-state index in [-0.39, 0.29) is 38.1 Å². The standard InChI is InChI=1S/C36H46N8O8/c1-21(2)31(43-32(47)26(40-30(46)18-37)15-23-10-12-25(45)13-11-23)34(49)41-27(17-24-19-38-20-39-24)35(50)44-14-6-9-29(44)33(48)42-28(36(51)52)16-22-7-4-3-5-8-22/h3-5,7-8,10-13,19-21,26-29,31,45H,6,9,14-18,37H2,1-2H3,(H,38,39)(H,40,46)(H,41,49)(H,42,48)(H,43,47)(H,51,52)/t26-,27-,28-,29-,31-/m0/s1. The van der Waals surface area contributed by atoms with Gasteiger partial charge in [0.05, 0.1) is 12.9 Å². The molecule has 1 aliphatic rings. The lowest BCUT2D eigenvalue weighted by Crippen LogP contribution is -2.60. The quantitative estimate of drug-likeness (QED) is 0.0911. The highest BCUT2D eigenvalue weighted by Gasteiger charge is 2.40. The van der Waals surface area contributed by atoms with E-state index in [1.54, 1.807) is 56.3 Å². The van der Waals surface area contributed by atoms with Crippen molar-refractivity contribution in [1.29, 1.82) is 0 Å². The summed E-state index contributed by atoms with van der Waals surface area (Å²) in [6, 6.07) is 9.29. The van der Waals surface area contributed by atoms with Gasteiger partial charge in [0.25, 0.3) is 0 Å². The SMILES string of the molecule is CC(C)[C@H](NC(=O)[C@H](Cc1ccc(O)cc1)NC(=O)CN)C(=O)N[C@@H](Cc1cnc[nH]1)C(=O)N1CCC[C@H]1C(=O)N[C@@H](Cc1ccccc1)C(=O)O. The molecule has 1 saturated heterocycles. The third-order valence-corrected chi connectivity index (χ3v) is 8.79. The molecule has 52 heavy (non-hydrogen) atoms. The molecule has 0 radical (unpaired) electrons. The minimum absolute atomic E-state index is 0.0179. The number of hydrogen-bond acceptors (Lipinski definition) is 9. The molecule has 2 heterocycles. The van der Waals surface area contributed by atoms with Gasteiger partial charge in [-0.25, -0.2) is 9.78 Å². The van der Waals surface area contributed by atoms with Gasteiger partial charge in [-0.1, -0.05) is 56.3 Å². The van der Waals surface area contributed by atoms with Crippen LogP contribution in [0, 0.1) is 5.92 Å². The molecule has 0 unspecified atom stereocenters. The van der Waals surface area contributed by atoms with Gasteiger partial charge in [0, 0.05) is 37.7 Å². The molecule has 1 fully saturated rings. The summed E-state index contributed by atoms with van der Waals surface area (Å²) >= 11 is 0. The molecule has 3 aromatic rings. The molecule has 9 N–H and O–H groups in total. The second kappa shape index (κ2) is 18.5. The zero-order valence-electron chi connectivity index (χ0n) is 29.1. The third-order valence-electron chi connectivity index (χ3n) is 8.79. The second-order valence-corrected chi connectivity index (χ2v) is 13.0. The van der Waals surface area contributed by atoms with E-state index in [0.29, 0.717) is 24.1 Å². The van der Waals surface area contributed by atoms with Gasteiger partial charge in [-0.2, -0.15) is 0 Å². The molecule has 16 nitrogen and oxygen atoms in total. The highest BCUT2D eigenvalue weighted by atomic mass is 16.4. The first-order valence-corrected chi connectivity index (χ1v) is 17.1. The fourth-order valence-corrected chi connectivity index (χ4v) is 6.02. The van der Waals surface area contributed by atoms with Crippen molar-refractivity contribution in [3.05, 3.63) is 83.9 Å². The van der Waals surface area contributed by atoms with Crippen molar-refractivity contribution in [3.8, 4) is 5.75 Å². The van der Waals surface area contributed by atoms with E-state index in [0.717, 1.165) is 5.56 Å². The summed E-state index contributed by atoms with van der Waals surface area (Å²) in [6.07, 6.45) is 3.76. The molecule has 0 saturated carbocycles. The molecule has 0 bridgehead atoms. The fourth-order valence-electron chi connectivity index (χ4n) is 6.02. The van der Waals surface area contributed by atoms with Gasteiger partial charge in [-0.15, -0.1) is 0 Å². The van der Waals surface area contributed by atoms with Crippen LogP contribution >= 0.6 is 0 Å². The monoisotopic (exact) mass is 718 g/mol. The van der Waals surface area contributed by atoms with E-state index < -0.39 is 71.6 Å². The lowest BCUT2D eigenvalue weighted by Gasteiger charge is -2.31. The Labute approximate surface area is 300 Å². The number of H-pyrrole nitrogens is 1. The molecule has 1 aromatic heterocycles. The minimum atomic E-state index is -1.23. The van der Waals surface area contributed by atoms with Gasteiger partial charge in [0.15, 0.2) is 0 Å². The van der Waals surface area contributed by atoms with Crippen molar-refractivity contribution >= 4 is 35.5 Å². The number of imidazole rings is 1. The van der Waals surface area contributed by atoms with Crippen LogP contribution in [-0.4, -0.2) is 104 Å². The lowest BCUT2D eigenvalue weighted by atomic mass is 10.00. The van der Waals surface area contributed by atoms with E-state index >= 15 is 0 Å². The van der Waals surface area contributed by atoms with Crippen LogP contribution in [-0.2, 0) is 48.0 Å². The average Bonchev–Trinajstić information content (AvgIpc) is 3.83. The number of aromatic nitrogens is 2. The molecule has 1 aliphatic heterocycles. The summed E-state index contributed by atoms with van der Waals surface area (Å²) < 4.78 is 0. The van der Waals surface area contributed by atoms with Gasteiger partial charge in [-0.3, -0.25) is 24.0 Å². The Morgan fingerprint density at radius 2 is 1.54 bits per heavy atom. The smallest absolute Gasteiger partial charge is 0.326 e. The number of amides is 5. The maximum atomic E-state index is 14.2. The average molecular weight is 719 g/mol. The number of benzene rings is 2. The Morgan fingerprint density at radius 3 is 2.15 bits per heavy atom. The maximum Gasteiger partial charge on any atom is 0.326 e. The van der Waals surface area contributed by atoms with Gasteiger partial charge in [0.1, 0.15) is 36.0 Å². The summed E-state index contributed by atoms with van der Waals surface area (Å²) in [7, 11) is 0. The van der Waals surface area contributed by atoms with Crippen LogP contribution in [0.2, 0.25) is 0 Å². The van der Waals surface area contributed by atoms with Crippen molar-refractivity contribution in [1.82, 2.24) is 36.1 Å². The molecule has 0 aliphatic carbocycles. The predicted octanol–water partition coefficient (Wildman–Crippen LogP) is -0.227. The number of hydrogen-bond donors (Lipinski definition) is 8. The number of carboxylic acids is 1. The molecule has 0 spiro atoms. The van der Waals surface area contributed by atoms with E-state index in [1.165, 1.54) is 29.6 Å². The van der Waals surface area contributed by atoms with Gasteiger partial charge >= 0.3 is 5.97 Å². The number of nitrogens with zero attached hydrogens (tertiary/aromatic N) is 2. The largest absolute Gasteiger partial charge is 0.508 e. The number of phenols is 1. The Morgan fingerprint density at radius 1 is 0.865 bits per heavy atom. The van der Waals surface area contributed by atoms with Crippen LogP contribution in [0.25, 0.3) is 0 Å². The van der Waals surface area contributed by atoms with Crippen LogP contribution in [0.4, 0.5) is 0 Å². The van der Waals surface area contributed by atoms with E-state index in [1.807, 2.05) is 0 Å². The highest BCUT2D eigenvalue weighted by Crippen LogP contribution is 2.21. The minimum Gasteiger partial charge on any atom is -0.508 e. The van der Waals surface area contributed by atoms with E-state index in [2.05, 4.69) is 31.2 Å². The number of rotatable bonds is 17. The molecular formula is C36H46N8O8. The molecule has 5 amide bonds. The topological polar surface area (TPSA) is 249 Å². The number of carboxylic acid groups (broad SMARTS) is 1. The number of aromatic hydroxyl groups is 1. The molecule has 278 valence electrons. The first-order chi connectivity index (χ1) is 24.9. The number of aliphatic carboxylic acids is 1. The van der Waals surface area contributed by atoms with Crippen molar-refractivity contribution in [2.45, 2.75) is 76.2 Å². The Hall–Kier alpha value is -5.77. The zero-order valence-corrected chi connectivity index (χ0v) is 29.1. The second-order valence-electron chi connectivity index (χ2n) is 13.0. The Kier molecular flexibility index (Phi) is 13.9. The third kappa shape index (κ3) is 10.9. The maximum absolute atomic E-state index is 14.2. The number of carbonyl (C=O) groups excluding carboxylic acids is 5. The van der Waals surface area contributed by atoms with Crippen molar-refractivity contribution in [2.24, 2.45) is 11.7 Å². The van der Waals surface area contributed by atoms with Crippen LogP contribution < -0.4 is 27.0 Å². The van der Waals surface area contributed by atoms with Crippen LogP contribution in [0.3, 0.4) is 0 Å². The number of carbonyl (C=O) groups is 6. The first-order valence-electron chi connectivity index (χ1n) is 17.1. The van der Waals surface area contributed by atoms with Crippen molar-refractivity contribution < 1.29 is 39.0 Å². The zero-order chi connectivity index (χ0) is 37.8. The molecule has 2 aromatic carbocycles. The summed E-state index contributed by atoms with van der Waals surface area (Å²) in [5.41, 5.74) is 7.36. The number of nitrogens with two attached hydrogens (primary N) is 1. The Balaban J connectivity index is 1.51. The van der Waals surface area contributed by atoms with Gasteiger partial charge < -0.3 is 47.1 Å². The highest BCUT2D eigenvalue weighted by molar-refractivity contribution is 5.96. The van der Waals surface area contributed by atoms with E-state index in [4.69, 9.17) is 5.73 Å². The summed E-state index contributed by atoms with van der Waals surface area (Å²) in [5, 5.41) is 30.1. The molecule has 4 rings (SSSR count). The Bertz CT molecular complexity index is 1680. The number of phenolic OH excluding ortho intramolecular Hbond substituents is 1. The molecule has 16 heteroatoms. The van der Waals surface area contributed by atoms with Gasteiger partial charge in [0.2, 0.25) is 29.5 Å². The normalized spacial score (nSPS) is 16.3. The van der Waals surface area contributed by atoms with E-state index in [9.17, 15) is 39.0 Å². The van der Waals surface area contributed by atoms with Crippen molar-refractivity contribution in [3.63, 3.8) is 0 Å². The fraction of sp³-hybridized carbons (Fsp3) is 0.417. The molecular weight excluding hydrogens is 672 g/mol. The first kappa shape index (κ1) is 39.0. The summed E-state index contributed by atoms with van der Waals surface area (Å²) in [4.78, 5) is 87.7. The number of likely N-dealkylation sites (tertiary alicyclic amines) is 1. The van der Waals surface area contributed by atoms with Gasteiger partial charge in [-0.05, 0) is 42.0 Å².